The van der Waals surface area contributed by atoms with Crippen LogP contribution >= 0.6 is 11.6 Å². The fraction of sp³-hybridized carbons (Fsp3) is 0.500. The molecule has 2 aromatic rings. The van der Waals surface area contributed by atoms with Gasteiger partial charge in [-0.1, -0.05) is 25.1 Å². The number of fused-ring (bicyclic) bond motifs is 1. The number of nitrogens with one attached hydrogen (secondary N) is 1. The Labute approximate surface area is 181 Å². The van der Waals surface area contributed by atoms with Crippen molar-refractivity contribution < 1.29 is 14.3 Å². The third-order valence-electron chi connectivity index (χ3n) is 5.70. The second-order valence-corrected chi connectivity index (χ2v) is 8.69. The Balaban J connectivity index is 1.57. The highest BCUT2D eigenvalue weighted by atomic mass is 35.5. The summed E-state index contributed by atoms with van der Waals surface area (Å²) in [5.41, 5.74) is 7.07. The molecule has 30 heavy (non-hydrogen) atoms. The molecule has 1 fully saturated rings. The van der Waals surface area contributed by atoms with Gasteiger partial charge in [0.25, 0.3) is 5.91 Å². The first-order valence-corrected chi connectivity index (χ1v) is 10.6. The van der Waals surface area contributed by atoms with Gasteiger partial charge in [0.2, 0.25) is 0 Å². The van der Waals surface area contributed by atoms with Crippen molar-refractivity contribution in [3.8, 4) is 0 Å². The average molecular weight is 433 g/mol. The maximum absolute atomic E-state index is 12.8. The van der Waals surface area contributed by atoms with Crippen molar-refractivity contribution in [3.05, 3.63) is 42.1 Å². The predicted molar refractivity (Wildman–Crippen MR) is 117 cm³/mol. The molecular formula is C22H29ClN4O3. The lowest BCUT2D eigenvalue weighted by atomic mass is 9.87. The van der Waals surface area contributed by atoms with Gasteiger partial charge in [-0.3, -0.25) is 14.6 Å². The molecule has 3 unspecified atom stereocenters. The number of para-hydroxylation sites is 1. The molecule has 0 saturated carbocycles. The number of likely N-dealkylation sites (tertiary alicyclic amines) is 1. The smallest absolute Gasteiger partial charge is 0.305 e. The van der Waals surface area contributed by atoms with E-state index in [9.17, 15) is 9.59 Å². The second kappa shape index (κ2) is 9.73. The van der Waals surface area contributed by atoms with E-state index in [0.717, 1.165) is 18.5 Å². The number of amides is 1. The lowest BCUT2D eigenvalue weighted by molar-refractivity contribution is -0.141. The van der Waals surface area contributed by atoms with Crippen LogP contribution in [0.2, 0.25) is 0 Å². The minimum Gasteiger partial charge on any atom is -0.469 e. The summed E-state index contributed by atoms with van der Waals surface area (Å²) in [6.45, 7) is 4.42. The fourth-order valence-corrected chi connectivity index (χ4v) is 4.27. The number of nitrogens with two attached hydrogens (primary N) is 1. The van der Waals surface area contributed by atoms with Gasteiger partial charge in [-0.05, 0) is 24.5 Å². The molecule has 0 bridgehead atoms. The van der Waals surface area contributed by atoms with E-state index >= 15 is 0 Å². The molecule has 1 aromatic carbocycles. The van der Waals surface area contributed by atoms with Gasteiger partial charge in [0.05, 0.1) is 29.1 Å². The number of methoxy groups -OCH3 is 1. The summed E-state index contributed by atoms with van der Waals surface area (Å²) in [4.78, 5) is 30.8. The molecule has 3 N–H and O–H groups in total. The molecule has 3 rings (SSSR count). The molecule has 0 spiro atoms. The molecular weight excluding hydrogens is 404 g/mol. The van der Waals surface area contributed by atoms with E-state index in [0.29, 0.717) is 30.5 Å². The Morgan fingerprint density at radius 3 is 2.90 bits per heavy atom. The second-order valence-electron chi connectivity index (χ2n) is 8.16. The zero-order valence-electron chi connectivity index (χ0n) is 17.4. The molecule has 1 amide bonds. The Morgan fingerprint density at radius 2 is 2.17 bits per heavy atom. The largest absolute Gasteiger partial charge is 0.469 e. The molecule has 7 nitrogen and oxygen atoms in total. The fourth-order valence-electron chi connectivity index (χ4n) is 3.89. The zero-order valence-corrected chi connectivity index (χ0v) is 18.2. The Kier molecular flexibility index (Phi) is 7.28. The molecule has 1 aliphatic rings. The minimum atomic E-state index is -0.697. The van der Waals surface area contributed by atoms with E-state index in [1.807, 2.05) is 31.2 Å². The van der Waals surface area contributed by atoms with E-state index in [2.05, 4.69) is 15.2 Å². The van der Waals surface area contributed by atoms with Crippen molar-refractivity contribution in [2.45, 2.75) is 30.7 Å². The minimum absolute atomic E-state index is 0.171. The van der Waals surface area contributed by atoms with Gasteiger partial charge in [-0.15, -0.1) is 11.6 Å². The summed E-state index contributed by atoms with van der Waals surface area (Å²) >= 11 is 6.64. The Bertz CT molecular complexity index is 904. The number of rotatable bonds is 7. The number of nitrogens with zero attached hydrogens (tertiary/aromatic N) is 2. The van der Waals surface area contributed by atoms with Gasteiger partial charge < -0.3 is 20.7 Å². The van der Waals surface area contributed by atoms with Gasteiger partial charge >= 0.3 is 5.97 Å². The summed E-state index contributed by atoms with van der Waals surface area (Å²) in [5, 5.41) is 3.55. The van der Waals surface area contributed by atoms with E-state index in [1.165, 1.54) is 7.11 Å². The molecule has 0 aliphatic carbocycles. The SMILES string of the molecule is COC(=O)CC(C)CN1CCC(N)(CNC(=O)c2cccc3cccnc23)C(Cl)C1. The van der Waals surface area contributed by atoms with Gasteiger partial charge in [-0.2, -0.15) is 0 Å². The summed E-state index contributed by atoms with van der Waals surface area (Å²) in [5.74, 6) is -0.243. The van der Waals surface area contributed by atoms with Crippen LogP contribution in [0.25, 0.3) is 10.9 Å². The third kappa shape index (κ3) is 5.28. The van der Waals surface area contributed by atoms with Gasteiger partial charge in [0, 0.05) is 44.2 Å². The lowest BCUT2D eigenvalue weighted by Crippen LogP contribution is -2.63. The molecule has 2 heterocycles. The number of piperidine rings is 1. The normalized spacial score (nSPS) is 23.1. The maximum atomic E-state index is 12.8. The van der Waals surface area contributed by atoms with E-state index < -0.39 is 5.54 Å². The number of aromatic nitrogens is 1. The molecule has 1 aliphatic heterocycles. The van der Waals surface area contributed by atoms with Crippen LogP contribution in [0.5, 0.6) is 0 Å². The van der Waals surface area contributed by atoms with Crippen LogP contribution in [0.3, 0.4) is 0 Å². The molecule has 3 atom stereocenters. The number of esters is 1. The van der Waals surface area contributed by atoms with Crippen molar-refractivity contribution in [3.63, 3.8) is 0 Å². The van der Waals surface area contributed by atoms with Crippen molar-refractivity contribution >= 4 is 34.4 Å². The Morgan fingerprint density at radius 1 is 1.40 bits per heavy atom. The zero-order chi connectivity index (χ0) is 21.7. The topological polar surface area (TPSA) is 97.5 Å². The van der Waals surface area contributed by atoms with E-state index in [4.69, 9.17) is 22.1 Å². The summed E-state index contributed by atoms with van der Waals surface area (Å²) in [6.07, 6.45) is 2.71. The molecule has 162 valence electrons. The van der Waals surface area contributed by atoms with Crippen molar-refractivity contribution in [1.29, 1.82) is 0 Å². The van der Waals surface area contributed by atoms with E-state index in [-0.39, 0.29) is 29.7 Å². The first kappa shape index (κ1) is 22.5. The molecule has 8 heteroatoms. The quantitative estimate of drug-likeness (QED) is 0.514. The number of alkyl halides is 1. The first-order valence-electron chi connectivity index (χ1n) is 10.2. The van der Waals surface area contributed by atoms with Gasteiger partial charge in [0.15, 0.2) is 0 Å². The monoisotopic (exact) mass is 432 g/mol. The van der Waals surface area contributed by atoms with Crippen molar-refractivity contribution in [2.24, 2.45) is 11.7 Å². The number of pyridine rings is 1. The third-order valence-corrected chi connectivity index (χ3v) is 6.28. The number of hydrogen-bond donors (Lipinski definition) is 2. The van der Waals surface area contributed by atoms with Crippen LogP contribution in [-0.4, -0.2) is 66.0 Å². The van der Waals surface area contributed by atoms with E-state index in [1.54, 1.807) is 12.3 Å². The van der Waals surface area contributed by atoms with Crippen molar-refractivity contribution in [2.75, 3.05) is 33.3 Å². The summed E-state index contributed by atoms with van der Waals surface area (Å²) < 4.78 is 4.73. The number of halogens is 1. The van der Waals surface area contributed by atoms with Crippen molar-refractivity contribution in [1.82, 2.24) is 15.2 Å². The molecule has 1 saturated heterocycles. The molecule has 0 radical (unpaired) electrons. The highest BCUT2D eigenvalue weighted by Crippen LogP contribution is 2.26. The van der Waals surface area contributed by atoms with Crippen LogP contribution in [0, 0.1) is 5.92 Å². The average Bonchev–Trinajstić information content (AvgIpc) is 2.74. The number of hydrogen-bond acceptors (Lipinski definition) is 6. The first-order chi connectivity index (χ1) is 14.3. The maximum Gasteiger partial charge on any atom is 0.305 e. The summed E-state index contributed by atoms with van der Waals surface area (Å²) in [7, 11) is 1.40. The number of benzene rings is 1. The highest BCUT2D eigenvalue weighted by Gasteiger charge is 2.39. The van der Waals surface area contributed by atoms with Crippen LogP contribution in [0.1, 0.15) is 30.1 Å². The Hall–Kier alpha value is -2.22. The van der Waals surface area contributed by atoms with Crippen LogP contribution < -0.4 is 11.1 Å². The molecule has 1 aromatic heterocycles. The standard InChI is InChI=1S/C22H29ClN4O3/c1-15(11-19(28)30-2)12-27-10-8-22(24,18(23)13-27)14-26-21(29)17-7-3-5-16-6-4-9-25-20(16)17/h3-7,9,15,18H,8,10-14,24H2,1-2H3,(H,26,29). The number of carbonyl (C=O) groups excluding carboxylic acids is 2. The van der Waals surface area contributed by atoms with Gasteiger partial charge in [0.1, 0.15) is 0 Å². The van der Waals surface area contributed by atoms with Crippen LogP contribution in [0.4, 0.5) is 0 Å². The van der Waals surface area contributed by atoms with Crippen LogP contribution in [-0.2, 0) is 9.53 Å². The number of carbonyl (C=O) groups is 2. The highest BCUT2D eigenvalue weighted by molar-refractivity contribution is 6.21. The number of ether oxygens (including phenoxy) is 1. The van der Waals surface area contributed by atoms with Gasteiger partial charge in [-0.25, -0.2) is 0 Å². The lowest BCUT2D eigenvalue weighted by Gasteiger charge is -2.43. The summed E-state index contributed by atoms with van der Waals surface area (Å²) in [6, 6.07) is 9.30. The predicted octanol–water partition coefficient (Wildman–Crippen LogP) is 2.17. The van der Waals surface area contributed by atoms with Crippen LogP contribution in [0.15, 0.2) is 36.5 Å².